The Morgan fingerprint density at radius 1 is 1.05 bits per heavy atom. The Hall–Kier alpha value is -1.33. The van der Waals surface area contributed by atoms with Crippen molar-refractivity contribution >= 4 is 31.5 Å². The molecule has 1 heterocycles. The van der Waals surface area contributed by atoms with Crippen molar-refractivity contribution in [1.82, 2.24) is 0 Å². The van der Waals surface area contributed by atoms with Gasteiger partial charge in [0.2, 0.25) is 0 Å². The van der Waals surface area contributed by atoms with Crippen LogP contribution in [0.3, 0.4) is 0 Å². The van der Waals surface area contributed by atoms with Crippen LogP contribution in [0.5, 0.6) is 0 Å². The Labute approximate surface area is 120 Å². The molecule has 98 valence electrons. The summed E-state index contributed by atoms with van der Waals surface area (Å²) in [5.74, 6) is 0. The van der Waals surface area contributed by atoms with Crippen molar-refractivity contribution < 1.29 is 8.42 Å². The number of anilines is 1. The minimum absolute atomic E-state index is 0.383. The van der Waals surface area contributed by atoms with Gasteiger partial charge >= 0.3 is 0 Å². The van der Waals surface area contributed by atoms with Crippen LogP contribution in [0.1, 0.15) is 10.8 Å². The van der Waals surface area contributed by atoms with Crippen LogP contribution in [-0.4, -0.2) is 15.0 Å². The SMILES string of the molecule is O=S1(=O)c2ccccc2NCC1c1ccc(Br)cc1. The van der Waals surface area contributed by atoms with Gasteiger partial charge in [-0.2, -0.15) is 0 Å². The Kier molecular flexibility index (Phi) is 3.11. The number of para-hydroxylation sites is 1. The number of rotatable bonds is 1. The average Bonchev–Trinajstić information content (AvgIpc) is 2.40. The molecule has 0 aliphatic carbocycles. The van der Waals surface area contributed by atoms with Crippen molar-refractivity contribution in [2.45, 2.75) is 10.1 Å². The highest BCUT2D eigenvalue weighted by atomic mass is 79.9. The van der Waals surface area contributed by atoms with E-state index in [2.05, 4.69) is 21.2 Å². The largest absolute Gasteiger partial charge is 0.382 e. The third-order valence-corrected chi connectivity index (χ3v) is 5.97. The van der Waals surface area contributed by atoms with E-state index in [-0.39, 0.29) is 0 Å². The molecular weight excluding hydrogens is 326 g/mol. The minimum Gasteiger partial charge on any atom is -0.382 e. The quantitative estimate of drug-likeness (QED) is 0.867. The maximum absolute atomic E-state index is 12.6. The first-order chi connectivity index (χ1) is 9.09. The van der Waals surface area contributed by atoms with Gasteiger partial charge < -0.3 is 5.32 Å². The van der Waals surface area contributed by atoms with Crippen LogP contribution in [0.15, 0.2) is 57.9 Å². The molecule has 2 aromatic rings. The highest BCUT2D eigenvalue weighted by Crippen LogP contribution is 2.37. The van der Waals surface area contributed by atoms with Crippen LogP contribution in [0.25, 0.3) is 0 Å². The van der Waals surface area contributed by atoms with Crippen LogP contribution in [0.2, 0.25) is 0 Å². The zero-order valence-corrected chi connectivity index (χ0v) is 12.4. The molecule has 0 bridgehead atoms. The molecular formula is C14H12BrNO2S. The van der Waals surface area contributed by atoms with Gasteiger partial charge in [0, 0.05) is 11.0 Å². The van der Waals surface area contributed by atoms with E-state index in [4.69, 9.17) is 0 Å². The first kappa shape index (κ1) is 12.7. The van der Waals surface area contributed by atoms with Crippen molar-refractivity contribution in [3.05, 3.63) is 58.6 Å². The van der Waals surface area contributed by atoms with Crippen LogP contribution >= 0.6 is 15.9 Å². The van der Waals surface area contributed by atoms with Gasteiger partial charge in [0.05, 0.1) is 10.6 Å². The van der Waals surface area contributed by atoms with Crippen LogP contribution in [-0.2, 0) is 9.84 Å². The monoisotopic (exact) mass is 337 g/mol. The first-order valence-corrected chi connectivity index (χ1v) is 8.25. The summed E-state index contributed by atoms with van der Waals surface area (Å²) in [6, 6.07) is 14.5. The summed E-state index contributed by atoms with van der Waals surface area (Å²) in [6.07, 6.45) is 0. The summed E-state index contributed by atoms with van der Waals surface area (Å²) in [4.78, 5) is 0.383. The highest BCUT2D eigenvalue weighted by Gasteiger charge is 2.34. The summed E-state index contributed by atoms with van der Waals surface area (Å²) in [5, 5.41) is 2.66. The fourth-order valence-electron chi connectivity index (χ4n) is 2.30. The lowest BCUT2D eigenvalue weighted by Crippen LogP contribution is -2.27. The zero-order valence-electron chi connectivity index (χ0n) is 10.0. The molecule has 0 amide bonds. The van der Waals surface area contributed by atoms with Crippen molar-refractivity contribution in [1.29, 1.82) is 0 Å². The summed E-state index contributed by atoms with van der Waals surface area (Å²) in [7, 11) is -3.33. The maximum atomic E-state index is 12.6. The van der Waals surface area contributed by atoms with Crippen molar-refractivity contribution in [3.8, 4) is 0 Å². The molecule has 0 spiro atoms. The molecule has 0 radical (unpaired) electrons. The van der Waals surface area contributed by atoms with E-state index in [0.29, 0.717) is 17.1 Å². The molecule has 1 N–H and O–H groups in total. The fraction of sp³-hybridized carbons (Fsp3) is 0.143. The van der Waals surface area contributed by atoms with E-state index in [1.807, 2.05) is 30.3 Å². The Balaban J connectivity index is 2.09. The average molecular weight is 338 g/mol. The molecule has 3 nitrogen and oxygen atoms in total. The lowest BCUT2D eigenvalue weighted by Gasteiger charge is -2.26. The first-order valence-electron chi connectivity index (χ1n) is 5.91. The number of sulfone groups is 1. The van der Waals surface area contributed by atoms with Gasteiger partial charge in [0.1, 0.15) is 5.25 Å². The molecule has 1 atom stereocenters. The normalized spacial score (nSPS) is 20.4. The molecule has 2 aromatic carbocycles. The zero-order chi connectivity index (χ0) is 13.5. The lowest BCUT2D eigenvalue weighted by molar-refractivity contribution is 0.581. The van der Waals surface area contributed by atoms with Crippen molar-refractivity contribution in [2.75, 3.05) is 11.9 Å². The second-order valence-electron chi connectivity index (χ2n) is 4.46. The van der Waals surface area contributed by atoms with E-state index in [9.17, 15) is 8.42 Å². The summed E-state index contributed by atoms with van der Waals surface area (Å²) in [5.41, 5.74) is 1.50. The van der Waals surface area contributed by atoms with Gasteiger partial charge in [-0.3, -0.25) is 0 Å². The molecule has 1 aliphatic heterocycles. The number of fused-ring (bicyclic) bond motifs is 1. The molecule has 1 aliphatic rings. The topological polar surface area (TPSA) is 46.2 Å². The number of halogens is 1. The smallest absolute Gasteiger partial charge is 0.189 e. The third-order valence-electron chi connectivity index (χ3n) is 3.29. The van der Waals surface area contributed by atoms with Crippen LogP contribution in [0.4, 0.5) is 5.69 Å². The van der Waals surface area contributed by atoms with Crippen LogP contribution < -0.4 is 5.32 Å². The van der Waals surface area contributed by atoms with Gasteiger partial charge in [-0.05, 0) is 29.8 Å². The van der Waals surface area contributed by atoms with Crippen molar-refractivity contribution in [2.24, 2.45) is 0 Å². The highest BCUT2D eigenvalue weighted by molar-refractivity contribution is 9.10. The predicted octanol–water partition coefficient (Wildman–Crippen LogP) is 3.39. The lowest BCUT2D eigenvalue weighted by atomic mass is 10.1. The van der Waals surface area contributed by atoms with E-state index < -0.39 is 15.1 Å². The Morgan fingerprint density at radius 2 is 1.74 bits per heavy atom. The second kappa shape index (κ2) is 4.65. The molecule has 19 heavy (non-hydrogen) atoms. The Morgan fingerprint density at radius 3 is 2.47 bits per heavy atom. The third kappa shape index (κ3) is 2.17. The molecule has 0 saturated carbocycles. The summed E-state index contributed by atoms with van der Waals surface area (Å²) < 4.78 is 26.2. The molecule has 3 rings (SSSR count). The predicted molar refractivity (Wildman–Crippen MR) is 79.0 cm³/mol. The molecule has 0 aromatic heterocycles. The standard InChI is InChI=1S/C14H12BrNO2S/c15-11-7-5-10(6-8-11)14-9-16-12-3-1-2-4-13(12)19(14,17)18/h1-8,14,16H,9H2. The molecule has 5 heteroatoms. The minimum atomic E-state index is -3.33. The Bertz CT molecular complexity index is 710. The molecule has 0 saturated heterocycles. The molecule has 1 unspecified atom stereocenters. The van der Waals surface area contributed by atoms with Gasteiger partial charge in [0.25, 0.3) is 0 Å². The van der Waals surface area contributed by atoms with Crippen molar-refractivity contribution in [3.63, 3.8) is 0 Å². The van der Waals surface area contributed by atoms with E-state index >= 15 is 0 Å². The second-order valence-corrected chi connectivity index (χ2v) is 7.48. The van der Waals surface area contributed by atoms with Gasteiger partial charge in [0.15, 0.2) is 9.84 Å². The molecule has 0 fully saturated rings. The number of hydrogen-bond donors (Lipinski definition) is 1. The fourth-order valence-corrected chi connectivity index (χ4v) is 4.40. The summed E-state index contributed by atoms with van der Waals surface area (Å²) in [6.45, 7) is 0.404. The number of benzene rings is 2. The number of nitrogens with one attached hydrogen (secondary N) is 1. The van der Waals surface area contributed by atoms with Gasteiger partial charge in [-0.15, -0.1) is 0 Å². The van der Waals surface area contributed by atoms with Gasteiger partial charge in [-0.25, -0.2) is 8.42 Å². The van der Waals surface area contributed by atoms with Gasteiger partial charge in [-0.1, -0.05) is 40.2 Å². The number of hydrogen-bond acceptors (Lipinski definition) is 3. The van der Waals surface area contributed by atoms with E-state index in [1.165, 1.54) is 0 Å². The van der Waals surface area contributed by atoms with Crippen LogP contribution in [0, 0.1) is 0 Å². The van der Waals surface area contributed by atoms with E-state index in [0.717, 1.165) is 10.0 Å². The summed E-state index contributed by atoms with van der Waals surface area (Å²) >= 11 is 3.36. The maximum Gasteiger partial charge on any atom is 0.189 e. The van der Waals surface area contributed by atoms with E-state index in [1.54, 1.807) is 18.2 Å².